The number of fused-ring (bicyclic) bond motifs is 2. The Bertz CT molecular complexity index is 1740. The lowest BCUT2D eigenvalue weighted by Gasteiger charge is -2.26. The average Bonchev–Trinajstić information content (AvgIpc) is 3.08. The van der Waals surface area contributed by atoms with Crippen LogP contribution in [-0.4, -0.2) is 118 Å². The summed E-state index contributed by atoms with van der Waals surface area (Å²) in [5.41, 5.74) is -0.698. The molecule has 1 aliphatic rings. The number of rotatable bonds is 11. The summed E-state index contributed by atoms with van der Waals surface area (Å²) < 4.78 is 38.9. The number of aliphatic carboxylic acids is 2. The van der Waals surface area contributed by atoms with Crippen LogP contribution in [0.3, 0.4) is 0 Å². The van der Waals surface area contributed by atoms with E-state index in [0.29, 0.717) is 48.8 Å². The SMILES string of the molecule is COc1cc(OC)c2cc(C(=O)c3ccc4c(c3)OCCN/C=C\O/C=C\OCCN(CCN(CC(=O)O)CC(=O)O)CCO4)c(=O)oc2c1. The van der Waals surface area contributed by atoms with Crippen molar-refractivity contribution in [2.24, 2.45) is 0 Å². The number of nitrogens with one attached hydrogen (secondary N) is 1. The minimum absolute atomic E-state index is 0.150. The lowest BCUT2D eigenvalue weighted by atomic mass is 10.0. The molecule has 0 saturated carbocycles. The van der Waals surface area contributed by atoms with Crippen LogP contribution in [0, 0.1) is 0 Å². The third-order valence-corrected chi connectivity index (χ3v) is 7.33. The molecule has 1 aromatic heterocycles. The van der Waals surface area contributed by atoms with E-state index in [-0.39, 0.29) is 48.8 Å². The molecule has 1 aliphatic heterocycles. The fourth-order valence-electron chi connectivity index (χ4n) is 4.90. The van der Waals surface area contributed by atoms with Crippen molar-refractivity contribution in [2.45, 2.75) is 0 Å². The van der Waals surface area contributed by atoms with Crippen LogP contribution in [0.4, 0.5) is 0 Å². The highest BCUT2D eigenvalue weighted by Gasteiger charge is 2.21. The third-order valence-electron chi connectivity index (χ3n) is 7.33. The molecular weight excluding hydrogens is 658 g/mol. The Morgan fingerprint density at radius 2 is 1.66 bits per heavy atom. The van der Waals surface area contributed by atoms with Crippen molar-refractivity contribution in [3.05, 3.63) is 82.9 Å². The molecule has 268 valence electrons. The first-order valence-electron chi connectivity index (χ1n) is 15.5. The van der Waals surface area contributed by atoms with Gasteiger partial charge in [0, 0.05) is 56.6 Å². The Hall–Kier alpha value is -5.74. The molecule has 0 saturated heterocycles. The molecular formula is C34H39N3O13. The summed E-state index contributed by atoms with van der Waals surface area (Å²) in [5, 5.41) is 21.8. The maximum Gasteiger partial charge on any atom is 0.347 e. The Kier molecular flexibility index (Phi) is 13.9. The summed E-state index contributed by atoms with van der Waals surface area (Å²) in [6.07, 6.45) is 5.71. The minimum atomic E-state index is -1.14. The van der Waals surface area contributed by atoms with Crippen LogP contribution in [0.1, 0.15) is 15.9 Å². The first-order valence-corrected chi connectivity index (χ1v) is 15.5. The predicted molar refractivity (Wildman–Crippen MR) is 178 cm³/mol. The molecule has 16 heteroatoms. The summed E-state index contributed by atoms with van der Waals surface area (Å²) in [7, 11) is 2.92. The van der Waals surface area contributed by atoms with Crippen molar-refractivity contribution in [1.82, 2.24) is 15.1 Å². The predicted octanol–water partition coefficient (Wildman–Crippen LogP) is 2.15. The number of ether oxygens (including phenoxy) is 6. The average molecular weight is 698 g/mol. The molecule has 0 spiro atoms. The van der Waals surface area contributed by atoms with E-state index in [1.165, 1.54) is 62.2 Å². The zero-order chi connectivity index (χ0) is 35.9. The maximum absolute atomic E-state index is 13.7. The van der Waals surface area contributed by atoms with E-state index in [9.17, 15) is 29.4 Å². The first-order chi connectivity index (χ1) is 24.2. The second kappa shape index (κ2) is 18.7. The molecule has 0 unspecified atom stereocenters. The molecule has 2 aromatic carbocycles. The van der Waals surface area contributed by atoms with Gasteiger partial charge in [0.1, 0.15) is 61.3 Å². The molecule has 4 rings (SSSR count). The van der Waals surface area contributed by atoms with Gasteiger partial charge in [-0.15, -0.1) is 0 Å². The molecule has 0 radical (unpaired) electrons. The van der Waals surface area contributed by atoms with Crippen LogP contribution in [-0.2, 0) is 19.1 Å². The van der Waals surface area contributed by atoms with E-state index in [2.05, 4.69) is 5.32 Å². The van der Waals surface area contributed by atoms with Gasteiger partial charge in [-0.3, -0.25) is 24.2 Å². The fourth-order valence-corrected chi connectivity index (χ4v) is 4.90. The van der Waals surface area contributed by atoms with Crippen LogP contribution < -0.4 is 29.9 Å². The third kappa shape index (κ3) is 10.9. The van der Waals surface area contributed by atoms with Gasteiger partial charge in [-0.05, 0) is 24.3 Å². The van der Waals surface area contributed by atoms with Gasteiger partial charge in [0.05, 0.1) is 32.7 Å². The number of carbonyl (C=O) groups is 3. The van der Waals surface area contributed by atoms with Gasteiger partial charge in [0.25, 0.3) is 0 Å². The number of ketones is 1. The number of carbonyl (C=O) groups excluding carboxylic acids is 1. The number of nitrogens with zero attached hydrogens (tertiary/aromatic N) is 2. The van der Waals surface area contributed by atoms with E-state index in [1.54, 1.807) is 18.3 Å². The fraction of sp³-hybridized carbons (Fsp3) is 0.353. The molecule has 0 atom stereocenters. The highest BCUT2D eigenvalue weighted by molar-refractivity contribution is 6.10. The number of hydrogen-bond donors (Lipinski definition) is 3. The van der Waals surface area contributed by atoms with Gasteiger partial charge in [0.2, 0.25) is 5.78 Å². The normalized spacial score (nSPS) is 15.7. The van der Waals surface area contributed by atoms with Crippen LogP contribution >= 0.6 is 0 Å². The molecule has 16 nitrogen and oxygen atoms in total. The Labute approximate surface area is 287 Å². The van der Waals surface area contributed by atoms with E-state index in [1.807, 2.05) is 4.90 Å². The number of carboxylic acids is 2. The quantitative estimate of drug-likeness (QED) is 0.195. The second-order valence-electron chi connectivity index (χ2n) is 10.8. The topological polar surface area (TPSA) is 196 Å². The van der Waals surface area contributed by atoms with Gasteiger partial charge in [-0.2, -0.15) is 0 Å². The molecule has 3 aromatic rings. The van der Waals surface area contributed by atoms with Crippen molar-refractivity contribution in [3.63, 3.8) is 0 Å². The number of carboxylic acid groups (broad SMARTS) is 2. The second-order valence-corrected chi connectivity index (χ2v) is 10.8. The van der Waals surface area contributed by atoms with Gasteiger partial charge in [-0.25, -0.2) is 4.79 Å². The van der Waals surface area contributed by atoms with E-state index in [0.717, 1.165) is 0 Å². The number of benzene rings is 2. The highest BCUT2D eigenvalue weighted by Crippen LogP contribution is 2.32. The molecule has 0 amide bonds. The van der Waals surface area contributed by atoms with Crippen LogP contribution in [0.15, 0.2) is 70.6 Å². The summed E-state index contributed by atoms with van der Waals surface area (Å²) in [5.74, 6) is -1.52. The Morgan fingerprint density at radius 3 is 2.40 bits per heavy atom. The van der Waals surface area contributed by atoms with Crippen LogP contribution in [0.5, 0.6) is 23.0 Å². The standard InChI is InChI=1S/C34H39N3O13/c1-44-24-18-28(45-2)25-20-26(34(43)50-29(25)19-24)33(42)23-3-4-27-30(17-23)48-12-6-35-5-11-46-15-16-47-13-9-36(10-14-49-27)7-8-37(21-31(38)39)22-32(40)41/h3-5,11,15-20,35H,6-10,12-14,21-22H2,1-2H3,(H,38,39)(H,40,41)/b11-5-,16-15-. The number of methoxy groups -OCH3 is 2. The monoisotopic (exact) mass is 697 g/mol. The summed E-state index contributed by atoms with van der Waals surface area (Å²) in [4.78, 5) is 52.4. The first kappa shape index (κ1) is 37.1. The van der Waals surface area contributed by atoms with Crippen molar-refractivity contribution < 1.29 is 57.4 Å². The van der Waals surface area contributed by atoms with Gasteiger partial charge in [0.15, 0.2) is 11.5 Å². The zero-order valence-electron chi connectivity index (χ0n) is 27.6. The lowest BCUT2D eigenvalue weighted by molar-refractivity contribution is -0.141. The van der Waals surface area contributed by atoms with Gasteiger partial charge in [-0.1, -0.05) is 0 Å². The van der Waals surface area contributed by atoms with Crippen molar-refractivity contribution in [1.29, 1.82) is 0 Å². The Morgan fingerprint density at radius 1 is 0.900 bits per heavy atom. The smallest absolute Gasteiger partial charge is 0.347 e. The largest absolute Gasteiger partial charge is 0.497 e. The van der Waals surface area contributed by atoms with Crippen molar-refractivity contribution >= 4 is 28.7 Å². The zero-order valence-corrected chi connectivity index (χ0v) is 27.6. The van der Waals surface area contributed by atoms with Gasteiger partial charge < -0.3 is 48.4 Å². The van der Waals surface area contributed by atoms with Crippen LogP contribution in [0.25, 0.3) is 11.0 Å². The summed E-state index contributed by atoms with van der Waals surface area (Å²) >= 11 is 0. The van der Waals surface area contributed by atoms with Crippen molar-refractivity contribution in [2.75, 3.05) is 79.9 Å². The molecule has 50 heavy (non-hydrogen) atoms. The van der Waals surface area contributed by atoms with Crippen molar-refractivity contribution in [3.8, 4) is 23.0 Å². The van der Waals surface area contributed by atoms with E-state index in [4.69, 9.17) is 32.8 Å². The number of hydrogen-bond acceptors (Lipinski definition) is 14. The Balaban J connectivity index is 1.56. The molecule has 0 aliphatic carbocycles. The van der Waals surface area contributed by atoms with E-state index >= 15 is 0 Å². The molecule has 3 N–H and O–H groups in total. The summed E-state index contributed by atoms with van der Waals surface area (Å²) in [6, 6.07) is 9.12. The van der Waals surface area contributed by atoms with E-state index < -0.39 is 36.4 Å². The lowest BCUT2D eigenvalue weighted by Crippen LogP contribution is -2.42. The molecule has 0 bridgehead atoms. The summed E-state index contributed by atoms with van der Waals surface area (Å²) in [6.45, 7) is 1.35. The van der Waals surface area contributed by atoms with Crippen LogP contribution in [0.2, 0.25) is 0 Å². The molecule has 0 fully saturated rings. The molecule has 2 heterocycles. The highest BCUT2D eigenvalue weighted by atomic mass is 16.5. The minimum Gasteiger partial charge on any atom is -0.497 e. The van der Waals surface area contributed by atoms with Gasteiger partial charge >= 0.3 is 17.6 Å². The maximum atomic E-state index is 13.7.